The van der Waals surface area contributed by atoms with Crippen LogP contribution in [0.3, 0.4) is 0 Å². The van der Waals surface area contributed by atoms with Gasteiger partial charge in [-0.3, -0.25) is 20.2 Å². The highest BCUT2D eigenvalue weighted by Crippen LogP contribution is 2.30. The van der Waals surface area contributed by atoms with E-state index in [9.17, 15) is 20.2 Å². The summed E-state index contributed by atoms with van der Waals surface area (Å²) in [6.45, 7) is 2.11. The number of fused-ring (bicyclic) bond motifs is 1. The summed E-state index contributed by atoms with van der Waals surface area (Å²) in [6.07, 6.45) is 0. The molecule has 0 amide bonds. The molecule has 0 unspecified atom stereocenters. The first-order valence-electron chi connectivity index (χ1n) is 7.47. The minimum absolute atomic E-state index is 0.0192. The number of nitrogens with one attached hydrogen (secondary N) is 1. The van der Waals surface area contributed by atoms with E-state index in [0.29, 0.717) is 28.8 Å². The van der Waals surface area contributed by atoms with Crippen molar-refractivity contribution in [2.75, 3.05) is 5.32 Å². The molecule has 0 aliphatic heterocycles. The standard InChI is InChI=1S/C17H14N4O4/c1-11-8-15(14-6-3-7-16(21(24)25)17(14)19-11)18-10-12-4-2-5-13(9-12)20(22)23/h2-9H,10H2,1H3,(H,18,19). The zero-order valence-corrected chi connectivity index (χ0v) is 13.3. The van der Waals surface area contributed by atoms with E-state index in [-0.39, 0.29) is 11.4 Å². The Hall–Kier alpha value is -3.55. The second kappa shape index (κ2) is 6.52. The largest absolute Gasteiger partial charge is 0.380 e. The molecule has 2 aromatic carbocycles. The summed E-state index contributed by atoms with van der Waals surface area (Å²) < 4.78 is 0. The van der Waals surface area contributed by atoms with E-state index in [4.69, 9.17) is 0 Å². The molecular weight excluding hydrogens is 324 g/mol. The molecule has 25 heavy (non-hydrogen) atoms. The van der Waals surface area contributed by atoms with Crippen LogP contribution in [0.15, 0.2) is 48.5 Å². The van der Waals surface area contributed by atoms with Gasteiger partial charge in [0.1, 0.15) is 0 Å². The van der Waals surface area contributed by atoms with Gasteiger partial charge in [0.2, 0.25) is 0 Å². The number of pyridine rings is 1. The quantitative estimate of drug-likeness (QED) is 0.556. The topological polar surface area (TPSA) is 111 Å². The summed E-state index contributed by atoms with van der Waals surface area (Å²) >= 11 is 0. The van der Waals surface area contributed by atoms with Crippen molar-refractivity contribution in [3.05, 3.63) is 80.0 Å². The first kappa shape index (κ1) is 16.3. The van der Waals surface area contributed by atoms with E-state index >= 15 is 0 Å². The van der Waals surface area contributed by atoms with Gasteiger partial charge in [-0.1, -0.05) is 24.3 Å². The van der Waals surface area contributed by atoms with Crippen molar-refractivity contribution < 1.29 is 9.85 Å². The highest BCUT2D eigenvalue weighted by molar-refractivity contribution is 5.96. The van der Waals surface area contributed by atoms with Crippen molar-refractivity contribution in [2.24, 2.45) is 0 Å². The number of hydrogen-bond donors (Lipinski definition) is 1. The Morgan fingerprint density at radius 1 is 1.04 bits per heavy atom. The Balaban J connectivity index is 1.96. The van der Waals surface area contributed by atoms with E-state index in [1.54, 1.807) is 37.3 Å². The zero-order valence-electron chi connectivity index (χ0n) is 13.3. The highest BCUT2D eigenvalue weighted by atomic mass is 16.6. The van der Waals surface area contributed by atoms with Crippen LogP contribution in [-0.4, -0.2) is 14.8 Å². The molecule has 1 N–H and O–H groups in total. The second-order valence-corrected chi connectivity index (χ2v) is 5.52. The van der Waals surface area contributed by atoms with Gasteiger partial charge in [-0.15, -0.1) is 0 Å². The Morgan fingerprint density at radius 2 is 1.80 bits per heavy atom. The molecule has 0 aliphatic carbocycles. The molecule has 3 aromatic rings. The lowest BCUT2D eigenvalue weighted by atomic mass is 10.1. The average Bonchev–Trinajstić information content (AvgIpc) is 2.59. The number of non-ortho nitro benzene ring substituents is 2. The number of aryl methyl sites for hydroxylation is 1. The Kier molecular flexibility index (Phi) is 4.25. The van der Waals surface area contributed by atoms with Crippen LogP contribution >= 0.6 is 0 Å². The molecule has 3 rings (SSSR count). The molecule has 0 aliphatic rings. The van der Waals surface area contributed by atoms with Crippen molar-refractivity contribution in [1.29, 1.82) is 0 Å². The molecule has 0 bridgehead atoms. The van der Waals surface area contributed by atoms with E-state index in [2.05, 4.69) is 10.3 Å². The molecule has 126 valence electrons. The first-order chi connectivity index (χ1) is 12.0. The molecule has 8 nitrogen and oxygen atoms in total. The van der Waals surface area contributed by atoms with Crippen molar-refractivity contribution in [1.82, 2.24) is 4.98 Å². The molecular formula is C17H14N4O4. The molecule has 0 atom stereocenters. The van der Waals surface area contributed by atoms with Crippen molar-refractivity contribution >= 4 is 28.0 Å². The van der Waals surface area contributed by atoms with E-state index in [0.717, 1.165) is 5.56 Å². The number of benzene rings is 2. The summed E-state index contributed by atoms with van der Waals surface area (Å²) in [5.41, 5.74) is 2.35. The molecule has 0 spiro atoms. The van der Waals surface area contributed by atoms with Crippen LogP contribution in [0.5, 0.6) is 0 Å². The summed E-state index contributed by atoms with van der Waals surface area (Å²) in [5, 5.41) is 25.9. The van der Waals surface area contributed by atoms with Crippen molar-refractivity contribution in [3.8, 4) is 0 Å². The van der Waals surface area contributed by atoms with Crippen LogP contribution in [0.4, 0.5) is 17.1 Å². The zero-order chi connectivity index (χ0) is 18.0. The number of aromatic nitrogens is 1. The third kappa shape index (κ3) is 3.37. The van der Waals surface area contributed by atoms with Gasteiger partial charge in [0.15, 0.2) is 5.52 Å². The van der Waals surface area contributed by atoms with E-state index in [1.165, 1.54) is 18.2 Å². The highest BCUT2D eigenvalue weighted by Gasteiger charge is 2.15. The normalized spacial score (nSPS) is 10.6. The molecule has 0 fully saturated rings. The van der Waals surface area contributed by atoms with Gasteiger partial charge in [0.05, 0.1) is 9.85 Å². The Bertz CT molecular complexity index is 988. The minimum atomic E-state index is -0.459. The van der Waals surface area contributed by atoms with Crippen LogP contribution < -0.4 is 5.32 Å². The third-order valence-corrected chi connectivity index (χ3v) is 3.75. The smallest absolute Gasteiger partial charge is 0.295 e. The van der Waals surface area contributed by atoms with Gasteiger partial charge >= 0.3 is 0 Å². The van der Waals surface area contributed by atoms with E-state index < -0.39 is 9.85 Å². The first-order valence-corrected chi connectivity index (χ1v) is 7.47. The molecule has 0 saturated carbocycles. The predicted molar refractivity (Wildman–Crippen MR) is 93.6 cm³/mol. The third-order valence-electron chi connectivity index (χ3n) is 3.75. The summed E-state index contributed by atoms with van der Waals surface area (Å²) in [5.74, 6) is 0. The lowest BCUT2D eigenvalue weighted by molar-refractivity contribution is -0.384. The monoisotopic (exact) mass is 338 g/mol. The fourth-order valence-corrected chi connectivity index (χ4v) is 2.63. The Labute approximate surface area is 142 Å². The maximum absolute atomic E-state index is 11.2. The van der Waals surface area contributed by atoms with Crippen LogP contribution in [0.2, 0.25) is 0 Å². The maximum atomic E-state index is 11.2. The fraction of sp³-hybridized carbons (Fsp3) is 0.118. The summed E-state index contributed by atoms with van der Waals surface area (Å²) in [6, 6.07) is 12.9. The van der Waals surface area contributed by atoms with Crippen LogP contribution in [0.1, 0.15) is 11.3 Å². The fourth-order valence-electron chi connectivity index (χ4n) is 2.63. The summed E-state index contributed by atoms with van der Waals surface area (Å²) in [4.78, 5) is 25.4. The minimum Gasteiger partial charge on any atom is -0.380 e. The lowest BCUT2D eigenvalue weighted by Crippen LogP contribution is -2.03. The number of para-hydroxylation sites is 1. The number of nitro groups is 2. The number of nitro benzene ring substituents is 2. The van der Waals surface area contributed by atoms with Crippen LogP contribution in [-0.2, 0) is 6.54 Å². The predicted octanol–water partition coefficient (Wildman–Crippen LogP) is 3.97. The van der Waals surface area contributed by atoms with Gasteiger partial charge in [-0.05, 0) is 18.6 Å². The molecule has 1 heterocycles. The molecule has 0 saturated heterocycles. The van der Waals surface area contributed by atoms with Crippen LogP contribution in [0.25, 0.3) is 10.9 Å². The van der Waals surface area contributed by atoms with Gasteiger partial charge in [-0.2, -0.15) is 0 Å². The second-order valence-electron chi connectivity index (χ2n) is 5.52. The van der Waals surface area contributed by atoms with Crippen LogP contribution in [0, 0.1) is 27.2 Å². The van der Waals surface area contributed by atoms with Gasteiger partial charge in [0.25, 0.3) is 11.4 Å². The Morgan fingerprint density at radius 3 is 2.52 bits per heavy atom. The van der Waals surface area contributed by atoms with Crippen molar-refractivity contribution in [2.45, 2.75) is 13.5 Å². The van der Waals surface area contributed by atoms with Gasteiger partial charge in [0, 0.05) is 41.5 Å². The number of rotatable bonds is 5. The number of hydrogen-bond acceptors (Lipinski definition) is 6. The SMILES string of the molecule is Cc1cc(NCc2cccc([N+](=O)[O-])c2)c2cccc([N+](=O)[O-])c2n1. The number of anilines is 1. The molecule has 1 aromatic heterocycles. The lowest BCUT2D eigenvalue weighted by Gasteiger charge is -2.11. The van der Waals surface area contributed by atoms with E-state index in [1.807, 2.05) is 0 Å². The maximum Gasteiger partial charge on any atom is 0.295 e. The van der Waals surface area contributed by atoms with Gasteiger partial charge < -0.3 is 5.32 Å². The number of nitrogens with zero attached hydrogens (tertiary/aromatic N) is 3. The average molecular weight is 338 g/mol. The molecule has 0 radical (unpaired) electrons. The molecule has 8 heteroatoms. The summed E-state index contributed by atoms with van der Waals surface area (Å²) in [7, 11) is 0. The van der Waals surface area contributed by atoms with Gasteiger partial charge in [-0.25, -0.2) is 4.98 Å². The van der Waals surface area contributed by atoms with Crippen molar-refractivity contribution in [3.63, 3.8) is 0 Å².